The zero-order valence-corrected chi connectivity index (χ0v) is 30.6. The minimum absolute atomic E-state index is 0.101. The van der Waals surface area contributed by atoms with E-state index in [4.69, 9.17) is 23.7 Å². The van der Waals surface area contributed by atoms with Crippen molar-refractivity contribution < 1.29 is 44.1 Å². The van der Waals surface area contributed by atoms with Crippen molar-refractivity contribution in [2.75, 3.05) is 42.2 Å². The Morgan fingerprint density at radius 1 is 0.440 bits per heavy atom. The number of benzene rings is 4. The van der Waals surface area contributed by atoms with Gasteiger partial charge >= 0.3 is 0 Å². The molecule has 0 aliphatic rings. The van der Waals surface area contributed by atoms with Gasteiger partial charge in [0.2, 0.25) is 0 Å². The summed E-state index contributed by atoms with van der Waals surface area (Å²) in [4.78, 5) is 0. The van der Waals surface area contributed by atoms with Gasteiger partial charge in [0.25, 0.3) is 0 Å². The molecule has 1 atom stereocenters. The molecule has 0 aromatic heterocycles. The van der Waals surface area contributed by atoms with Crippen molar-refractivity contribution in [1.29, 1.82) is 0 Å². The van der Waals surface area contributed by atoms with E-state index in [1.54, 1.807) is 35.5 Å². The summed E-state index contributed by atoms with van der Waals surface area (Å²) >= 11 is 0. The number of phenolic OH excluding ortho intramolecular Hbond substituents is 3. The third-order valence-corrected chi connectivity index (χ3v) is 9.74. The van der Waals surface area contributed by atoms with Crippen LogP contribution in [0.25, 0.3) is 0 Å². The molecule has 1 unspecified atom stereocenters. The molecule has 0 heterocycles. The molecular formula is C41H52O9. The van der Waals surface area contributed by atoms with E-state index in [2.05, 4.69) is 45.0 Å². The first-order chi connectivity index (χ1) is 23.9. The fourth-order valence-corrected chi connectivity index (χ4v) is 6.74. The Morgan fingerprint density at radius 2 is 0.740 bits per heavy atom. The van der Waals surface area contributed by atoms with Crippen LogP contribution in [0, 0.1) is 0 Å². The van der Waals surface area contributed by atoms with Crippen molar-refractivity contribution in [3.05, 3.63) is 122 Å². The lowest BCUT2D eigenvalue weighted by Crippen LogP contribution is -2.27. The predicted octanol–water partition coefficient (Wildman–Crippen LogP) is 6.75. The quantitative estimate of drug-likeness (QED) is 0.0892. The van der Waals surface area contributed by atoms with Gasteiger partial charge in [-0.1, -0.05) is 44.2 Å². The highest BCUT2D eigenvalue weighted by Crippen LogP contribution is 2.45. The SMILES string of the molecule is COCc1cc(C(C)(c2ccc(C(C)(C)c3cc(COC)c(O)c(COC)c3)cc2)c2cc(COC)c(O)c(COC)c2)cc(CCO)c1O. The van der Waals surface area contributed by atoms with Crippen LogP contribution in [0.15, 0.2) is 60.7 Å². The summed E-state index contributed by atoms with van der Waals surface area (Å²) in [5, 5.41) is 43.0. The molecule has 270 valence electrons. The Labute approximate surface area is 296 Å². The van der Waals surface area contributed by atoms with Gasteiger partial charge in [0, 0.05) is 80.8 Å². The van der Waals surface area contributed by atoms with Crippen molar-refractivity contribution in [1.82, 2.24) is 0 Å². The Kier molecular flexibility index (Phi) is 13.1. The first-order valence-electron chi connectivity index (χ1n) is 16.6. The average molecular weight is 689 g/mol. The zero-order valence-electron chi connectivity index (χ0n) is 30.6. The highest BCUT2D eigenvalue weighted by molar-refractivity contribution is 5.58. The van der Waals surface area contributed by atoms with E-state index in [1.165, 1.54) is 0 Å². The van der Waals surface area contributed by atoms with Crippen LogP contribution in [0.3, 0.4) is 0 Å². The third kappa shape index (κ3) is 7.84. The molecule has 0 amide bonds. The Morgan fingerprint density at radius 3 is 1.08 bits per heavy atom. The van der Waals surface area contributed by atoms with Crippen LogP contribution < -0.4 is 0 Å². The van der Waals surface area contributed by atoms with E-state index in [1.807, 2.05) is 36.4 Å². The lowest BCUT2D eigenvalue weighted by atomic mass is 9.68. The van der Waals surface area contributed by atoms with Gasteiger partial charge in [-0.15, -0.1) is 0 Å². The summed E-state index contributed by atoms with van der Waals surface area (Å²) in [6, 6.07) is 20.2. The fourth-order valence-electron chi connectivity index (χ4n) is 6.74. The summed E-state index contributed by atoms with van der Waals surface area (Å²) in [5.74, 6) is 0.402. The van der Waals surface area contributed by atoms with Gasteiger partial charge < -0.3 is 44.1 Å². The maximum Gasteiger partial charge on any atom is 0.126 e. The van der Waals surface area contributed by atoms with Gasteiger partial charge in [0.1, 0.15) is 17.2 Å². The van der Waals surface area contributed by atoms with E-state index in [0.29, 0.717) is 33.4 Å². The first-order valence-corrected chi connectivity index (χ1v) is 16.6. The lowest BCUT2D eigenvalue weighted by Gasteiger charge is -2.35. The van der Waals surface area contributed by atoms with Gasteiger partial charge in [-0.3, -0.25) is 0 Å². The van der Waals surface area contributed by atoms with Gasteiger partial charge in [-0.2, -0.15) is 0 Å². The molecule has 0 fully saturated rings. The van der Waals surface area contributed by atoms with Crippen molar-refractivity contribution in [3.63, 3.8) is 0 Å². The number of hydrogen-bond acceptors (Lipinski definition) is 9. The average Bonchev–Trinajstić information content (AvgIpc) is 3.10. The number of aliphatic hydroxyl groups is 1. The van der Waals surface area contributed by atoms with E-state index in [-0.39, 0.29) is 63.3 Å². The molecule has 50 heavy (non-hydrogen) atoms. The van der Waals surface area contributed by atoms with Gasteiger partial charge in [-0.05, 0) is 77.1 Å². The topological polar surface area (TPSA) is 127 Å². The maximum absolute atomic E-state index is 11.1. The number of hydrogen-bond donors (Lipinski definition) is 4. The molecule has 0 aliphatic heterocycles. The summed E-state index contributed by atoms with van der Waals surface area (Å²) in [5.41, 5.74) is 7.38. The van der Waals surface area contributed by atoms with Crippen LogP contribution in [-0.2, 0) is 74.0 Å². The number of aliphatic hydroxyl groups excluding tert-OH is 1. The van der Waals surface area contributed by atoms with Crippen LogP contribution in [-0.4, -0.2) is 62.6 Å². The molecule has 4 N–H and O–H groups in total. The monoisotopic (exact) mass is 688 g/mol. The predicted molar refractivity (Wildman–Crippen MR) is 193 cm³/mol. The molecule has 0 saturated carbocycles. The number of methoxy groups -OCH3 is 5. The van der Waals surface area contributed by atoms with Crippen molar-refractivity contribution >= 4 is 0 Å². The summed E-state index contributed by atoms with van der Waals surface area (Å²) in [6.07, 6.45) is 0.266. The van der Waals surface area contributed by atoms with Crippen molar-refractivity contribution in [2.45, 2.75) is 71.1 Å². The minimum Gasteiger partial charge on any atom is -0.507 e. The summed E-state index contributed by atoms with van der Waals surface area (Å²) < 4.78 is 27.2. The highest BCUT2D eigenvalue weighted by Gasteiger charge is 2.35. The second-order valence-corrected chi connectivity index (χ2v) is 13.4. The lowest BCUT2D eigenvalue weighted by molar-refractivity contribution is 0.174. The maximum atomic E-state index is 11.1. The Hall–Kier alpha value is -3.96. The van der Waals surface area contributed by atoms with Crippen LogP contribution in [0.5, 0.6) is 17.2 Å². The first kappa shape index (κ1) is 38.8. The van der Waals surface area contributed by atoms with Crippen molar-refractivity contribution in [3.8, 4) is 17.2 Å². The molecule has 4 aromatic rings. The molecule has 0 bridgehead atoms. The van der Waals surface area contributed by atoms with Crippen molar-refractivity contribution in [2.24, 2.45) is 0 Å². The minimum atomic E-state index is -0.808. The summed E-state index contributed by atoms with van der Waals surface area (Å²) in [7, 11) is 7.96. The molecule has 0 aliphatic carbocycles. The van der Waals surface area contributed by atoms with Crippen LogP contribution in [0.1, 0.15) is 82.0 Å². The number of phenols is 3. The van der Waals surface area contributed by atoms with E-state index in [0.717, 1.165) is 27.8 Å². The molecule has 9 nitrogen and oxygen atoms in total. The standard InChI is InChI=1S/C41H52O9/c1-40(2,34-16-27(21-46-4)38(44)28(17-34)22-47-5)32-9-11-33(12-10-32)41(3,35-15-26(13-14-42)37(43)29(18-35)23-48-6)36-19-30(24-49-7)39(45)31(20-36)25-50-8/h9-12,15-20,42-45H,13-14,21-25H2,1-8H3. The van der Waals surface area contributed by atoms with E-state index >= 15 is 0 Å². The largest absolute Gasteiger partial charge is 0.507 e. The van der Waals surface area contributed by atoms with Crippen LogP contribution in [0.4, 0.5) is 0 Å². The number of rotatable bonds is 17. The Balaban J connectivity index is 1.97. The second kappa shape index (κ2) is 16.8. The smallest absolute Gasteiger partial charge is 0.126 e. The highest BCUT2D eigenvalue weighted by atomic mass is 16.5. The molecule has 9 heteroatoms. The molecular weight excluding hydrogens is 636 g/mol. The van der Waals surface area contributed by atoms with E-state index < -0.39 is 10.8 Å². The molecule has 0 spiro atoms. The Bertz CT molecular complexity index is 1600. The van der Waals surface area contributed by atoms with E-state index in [9.17, 15) is 20.4 Å². The molecule has 4 aromatic carbocycles. The van der Waals surface area contributed by atoms with Gasteiger partial charge in [0.15, 0.2) is 0 Å². The fraction of sp³-hybridized carbons (Fsp3) is 0.415. The van der Waals surface area contributed by atoms with Gasteiger partial charge in [0.05, 0.1) is 33.0 Å². The number of aromatic hydroxyl groups is 3. The molecule has 4 rings (SSSR count). The van der Waals surface area contributed by atoms with Crippen LogP contribution in [0.2, 0.25) is 0 Å². The zero-order chi connectivity index (χ0) is 36.6. The normalized spacial score (nSPS) is 13.1. The van der Waals surface area contributed by atoms with Gasteiger partial charge in [-0.25, -0.2) is 0 Å². The van der Waals surface area contributed by atoms with Crippen LogP contribution >= 0.6 is 0 Å². The molecule has 0 saturated heterocycles. The second-order valence-electron chi connectivity index (χ2n) is 13.4. The third-order valence-electron chi connectivity index (χ3n) is 9.74. The molecule has 0 radical (unpaired) electrons. The summed E-state index contributed by atoms with van der Waals surface area (Å²) in [6.45, 7) is 7.39. The number of ether oxygens (including phenoxy) is 5.